The lowest BCUT2D eigenvalue weighted by atomic mass is 9.82. The molecule has 0 unspecified atom stereocenters. The van der Waals surface area contributed by atoms with Crippen molar-refractivity contribution in [3.05, 3.63) is 51.5 Å². The average Bonchev–Trinajstić information content (AvgIpc) is 2.45. The molecule has 1 aliphatic carbocycles. The first-order valence-corrected chi connectivity index (χ1v) is 8.03. The Morgan fingerprint density at radius 1 is 0.957 bits per heavy atom. The average molecular weight is 353 g/mol. The molecule has 0 fully saturated rings. The van der Waals surface area contributed by atoms with Crippen molar-refractivity contribution in [2.45, 2.75) is 4.90 Å². The van der Waals surface area contributed by atoms with E-state index in [0.29, 0.717) is 0 Å². The second-order valence-corrected chi connectivity index (χ2v) is 6.78. The fourth-order valence-electron chi connectivity index (χ4n) is 2.56. The van der Waals surface area contributed by atoms with Gasteiger partial charge in [-0.25, -0.2) is 0 Å². The van der Waals surface area contributed by atoms with Gasteiger partial charge in [0.1, 0.15) is 4.90 Å². The number of nitrogens with two attached hydrogens (primary N) is 2. The lowest BCUT2D eigenvalue weighted by Crippen LogP contribution is -2.25. The Hall–Kier alpha value is -2.42. The Balaban J connectivity index is 2.43. The molecule has 0 saturated heterocycles. The summed E-state index contributed by atoms with van der Waals surface area (Å²) in [4.78, 5) is 24.5. The van der Waals surface area contributed by atoms with E-state index in [1.165, 1.54) is 18.2 Å². The van der Waals surface area contributed by atoms with Gasteiger partial charge in [-0.1, -0.05) is 11.6 Å². The summed E-state index contributed by atoms with van der Waals surface area (Å²) in [5.74, 6) is -1.26. The summed E-state index contributed by atoms with van der Waals surface area (Å²) in [6.07, 6.45) is 0. The summed E-state index contributed by atoms with van der Waals surface area (Å²) < 4.78 is 32.0. The molecule has 0 aromatic heterocycles. The lowest BCUT2D eigenvalue weighted by Gasteiger charge is -2.21. The number of carbonyl (C=O) groups is 2. The van der Waals surface area contributed by atoms with Gasteiger partial charge in [-0.05, 0) is 24.3 Å². The highest BCUT2D eigenvalue weighted by molar-refractivity contribution is 7.86. The first kappa shape index (κ1) is 15.5. The zero-order chi connectivity index (χ0) is 17.1. The highest BCUT2D eigenvalue weighted by atomic mass is 35.5. The maximum atomic E-state index is 12.6. The van der Waals surface area contributed by atoms with Gasteiger partial charge in [-0.2, -0.15) is 8.42 Å². The summed E-state index contributed by atoms with van der Waals surface area (Å²) in [5.41, 5.74) is 10.2. The molecular formula is C14H9ClN2O5S. The number of carbonyl (C=O) groups excluding carboxylic acids is 2. The first-order valence-electron chi connectivity index (χ1n) is 6.21. The number of fused-ring (bicyclic) bond motifs is 2. The molecule has 0 atom stereocenters. The number of anilines is 2. The predicted molar refractivity (Wildman–Crippen MR) is 83.4 cm³/mol. The molecule has 0 bridgehead atoms. The number of halogens is 1. The summed E-state index contributed by atoms with van der Waals surface area (Å²) in [6.45, 7) is 0. The molecule has 1 aliphatic rings. The number of benzene rings is 2. The van der Waals surface area contributed by atoms with Crippen molar-refractivity contribution in [1.29, 1.82) is 0 Å². The zero-order valence-electron chi connectivity index (χ0n) is 11.3. The fourth-order valence-corrected chi connectivity index (χ4v) is 3.39. The molecule has 3 rings (SSSR count). The van der Waals surface area contributed by atoms with Crippen LogP contribution < -0.4 is 11.5 Å². The van der Waals surface area contributed by atoms with Gasteiger partial charge < -0.3 is 11.5 Å². The van der Waals surface area contributed by atoms with Crippen LogP contribution in [0.2, 0.25) is 5.02 Å². The van der Waals surface area contributed by atoms with Crippen LogP contribution in [0, 0.1) is 0 Å². The Kier molecular flexibility index (Phi) is 3.22. The van der Waals surface area contributed by atoms with Gasteiger partial charge >= 0.3 is 0 Å². The molecule has 0 saturated carbocycles. The molecule has 118 valence electrons. The Morgan fingerprint density at radius 3 is 2.17 bits per heavy atom. The fraction of sp³-hybridized carbons (Fsp3) is 0. The van der Waals surface area contributed by atoms with Gasteiger partial charge in [-0.15, -0.1) is 0 Å². The maximum absolute atomic E-state index is 12.6. The molecule has 0 amide bonds. The van der Waals surface area contributed by atoms with E-state index in [-0.39, 0.29) is 33.0 Å². The smallest absolute Gasteiger partial charge is 0.296 e. The Bertz CT molecular complexity index is 1010. The lowest BCUT2D eigenvalue weighted by molar-refractivity contribution is 0.0980. The van der Waals surface area contributed by atoms with Crippen LogP contribution >= 0.6 is 11.6 Å². The third-order valence-corrected chi connectivity index (χ3v) is 4.69. The van der Waals surface area contributed by atoms with Gasteiger partial charge in [-0.3, -0.25) is 14.1 Å². The van der Waals surface area contributed by atoms with Gasteiger partial charge in [0.05, 0.1) is 16.8 Å². The summed E-state index contributed by atoms with van der Waals surface area (Å²) in [6, 6.07) is 4.97. The minimum absolute atomic E-state index is 0.00594. The molecule has 9 heteroatoms. The molecule has 0 aliphatic heterocycles. The van der Waals surface area contributed by atoms with E-state index in [0.717, 1.165) is 6.07 Å². The molecule has 0 spiro atoms. The molecule has 7 nitrogen and oxygen atoms in total. The largest absolute Gasteiger partial charge is 0.398 e. The second kappa shape index (κ2) is 4.79. The standard InChI is InChI=1S/C14H9ClN2O5S/c15-5-1-2-6-7(3-5)14(19)11-10(13(6)18)8(16)4-9(12(11)17)23(20,21)22/h1-4H,16-17H2,(H,20,21,22). The van der Waals surface area contributed by atoms with Crippen molar-refractivity contribution in [2.75, 3.05) is 11.5 Å². The maximum Gasteiger partial charge on any atom is 0.296 e. The summed E-state index contributed by atoms with van der Waals surface area (Å²) in [5, 5.41) is 0.228. The van der Waals surface area contributed by atoms with Gasteiger partial charge in [0.25, 0.3) is 10.1 Å². The number of hydrogen-bond acceptors (Lipinski definition) is 6. The van der Waals surface area contributed by atoms with Crippen LogP contribution in [-0.2, 0) is 10.1 Å². The van der Waals surface area contributed by atoms with E-state index >= 15 is 0 Å². The van der Waals surface area contributed by atoms with Gasteiger partial charge in [0, 0.05) is 21.8 Å². The molecular weight excluding hydrogens is 344 g/mol. The number of nitrogen functional groups attached to an aromatic ring is 2. The monoisotopic (exact) mass is 352 g/mol. The molecule has 5 N–H and O–H groups in total. The van der Waals surface area contributed by atoms with Crippen molar-refractivity contribution < 1.29 is 22.6 Å². The SMILES string of the molecule is Nc1cc(S(=O)(=O)O)c(N)c2c1C(=O)c1ccc(Cl)cc1C2=O. The van der Waals surface area contributed by atoms with Crippen LogP contribution in [-0.4, -0.2) is 24.5 Å². The van der Waals surface area contributed by atoms with Crippen molar-refractivity contribution >= 4 is 44.7 Å². The van der Waals surface area contributed by atoms with Gasteiger partial charge in [0.2, 0.25) is 0 Å². The Morgan fingerprint density at radius 2 is 1.57 bits per heavy atom. The second-order valence-electron chi connectivity index (χ2n) is 4.95. The van der Waals surface area contributed by atoms with Crippen LogP contribution in [0.4, 0.5) is 11.4 Å². The number of rotatable bonds is 1. The van der Waals surface area contributed by atoms with Crippen LogP contribution in [0.5, 0.6) is 0 Å². The van der Waals surface area contributed by atoms with E-state index in [1.807, 2.05) is 0 Å². The predicted octanol–water partition coefficient (Wildman–Crippen LogP) is 1.53. The van der Waals surface area contributed by atoms with Crippen molar-refractivity contribution in [3.8, 4) is 0 Å². The summed E-state index contributed by atoms with van der Waals surface area (Å²) in [7, 11) is -4.71. The third kappa shape index (κ3) is 2.19. The molecule has 0 radical (unpaired) electrons. The van der Waals surface area contributed by atoms with Crippen molar-refractivity contribution in [2.24, 2.45) is 0 Å². The normalized spacial score (nSPS) is 13.7. The van der Waals surface area contributed by atoms with E-state index < -0.39 is 32.3 Å². The molecule has 0 heterocycles. The van der Waals surface area contributed by atoms with Crippen LogP contribution in [0.3, 0.4) is 0 Å². The summed E-state index contributed by atoms with van der Waals surface area (Å²) >= 11 is 5.84. The zero-order valence-corrected chi connectivity index (χ0v) is 12.9. The van der Waals surface area contributed by atoms with Gasteiger partial charge in [0.15, 0.2) is 11.6 Å². The topological polar surface area (TPSA) is 141 Å². The van der Waals surface area contributed by atoms with Crippen LogP contribution in [0.15, 0.2) is 29.2 Å². The number of ketones is 2. The van der Waals surface area contributed by atoms with Crippen LogP contribution in [0.1, 0.15) is 31.8 Å². The number of hydrogen-bond donors (Lipinski definition) is 3. The van der Waals surface area contributed by atoms with E-state index in [2.05, 4.69) is 0 Å². The van der Waals surface area contributed by atoms with E-state index in [1.54, 1.807) is 0 Å². The first-order chi connectivity index (χ1) is 10.6. The molecule has 2 aromatic carbocycles. The quantitative estimate of drug-likeness (QED) is 0.445. The third-order valence-electron chi connectivity index (χ3n) is 3.56. The molecule has 23 heavy (non-hydrogen) atoms. The van der Waals surface area contributed by atoms with E-state index in [4.69, 9.17) is 23.1 Å². The Labute approximate surface area is 135 Å². The highest BCUT2D eigenvalue weighted by Gasteiger charge is 2.36. The van der Waals surface area contributed by atoms with Crippen molar-refractivity contribution in [1.82, 2.24) is 0 Å². The molecule has 2 aromatic rings. The van der Waals surface area contributed by atoms with Crippen LogP contribution in [0.25, 0.3) is 0 Å². The highest BCUT2D eigenvalue weighted by Crippen LogP contribution is 2.38. The van der Waals surface area contributed by atoms with E-state index in [9.17, 15) is 22.6 Å². The minimum atomic E-state index is -4.71. The van der Waals surface area contributed by atoms with Crippen molar-refractivity contribution in [3.63, 3.8) is 0 Å². The minimum Gasteiger partial charge on any atom is -0.398 e.